The molecule has 2 N–H and O–H groups in total. The van der Waals surface area contributed by atoms with Crippen LogP contribution in [0.25, 0.3) is 5.69 Å². The molecule has 0 bridgehead atoms. The van der Waals surface area contributed by atoms with Gasteiger partial charge in [0.1, 0.15) is 0 Å². The first-order chi connectivity index (χ1) is 13.3. The predicted molar refractivity (Wildman–Crippen MR) is 102 cm³/mol. The van der Waals surface area contributed by atoms with Crippen molar-refractivity contribution in [3.05, 3.63) is 72.8 Å². The van der Waals surface area contributed by atoms with E-state index in [2.05, 4.69) is 20.7 Å². The highest BCUT2D eigenvalue weighted by Crippen LogP contribution is 2.27. The number of nitrogens with zero attached hydrogens (tertiary/aromatic N) is 3. The van der Waals surface area contributed by atoms with Crippen LogP contribution < -0.4 is 10.6 Å². The van der Waals surface area contributed by atoms with Crippen LogP contribution in [0.1, 0.15) is 24.5 Å². The van der Waals surface area contributed by atoms with Crippen LogP contribution in [-0.2, 0) is 4.74 Å². The van der Waals surface area contributed by atoms with E-state index in [0.29, 0.717) is 6.61 Å². The summed E-state index contributed by atoms with van der Waals surface area (Å²) in [6, 6.07) is 13.2. The molecule has 1 aromatic carbocycles. The SMILES string of the molecule is O=C(Nc1ccc(-n2cccn2)cc1)NC1CCOC(c2cccnc2)C1. The maximum atomic E-state index is 12.3. The Morgan fingerprint density at radius 3 is 2.78 bits per heavy atom. The Kier molecular flexibility index (Phi) is 5.11. The summed E-state index contributed by atoms with van der Waals surface area (Å²) in [5.74, 6) is 0. The average molecular weight is 363 g/mol. The number of nitrogens with one attached hydrogen (secondary N) is 2. The van der Waals surface area contributed by atoms with Crippen molar-refractivity contribution in [1.29, 1.82) is 0 Å². The van der Waals surface area contributed by atoms with Crippen LogP contribution in [0.3, 0.4) is 0 Å². The quantitative estimate of drug-likeness (QED) is 0.745. The fraction of sp³-hybridized carbons (Fsp3) is 0.250. The number of hydrogen-bond donors (Lipinski definition) is 2. The van der Waals surface area contributed by atoms with Gasteiger partial charge in [0.2, 0.25) is 0 Å². The molecular weight excluding hydrogens is 342 g/mol. The molecular formula is C20H21N5O2. The highest BCUT2D eigenvalue weighted by molar-refractivity contribution is 5.89. The molecule has 2 unspecified atom stereocenters. The van der Waals surface area contributed by atoms with E-state index >= 15 is 0 Å². The van der Waals surface area contributed by atoms with E-state index in [1.807, 2.05) is 54.9 Å². The number of aromatic nitrogens is 3. The van der Waals surface area contributed by atoms with E-state index in [9.17, 15) is 4.79 Å². The summed E-state index contributed by atoms with van der Waals surface area (Å²) in [5, 5.41) is 10.1. The van der Waals surface area contributed by atoms with Gasteiger partial charge in [-0.05, 0) is 54.8 Å². The van der Waals surface area contributed by atoms with Crippen molar-refractivity contribution in [1.82, 2.24) is 20.1 Å². The normalized spacial score (nSPS) is 19.4. The molecule has 138 valence electrons. The number of benzene rings is 1. The monoisotopic (exact) mass is 363 g/mol. The second-order valence-electron chi connectivity index (χ2n) is 6.46. The molecule has 7 nitrogen and oxygen atoms in total. The Bertz CT molecular complexity index is 865. The number of hydrogen-bond acceptors (Lipinski definition) is 4. The molecule has 27 heavy (non-hydrogen) atoms. The lowest BCUT2D eigenvalue weighted by Gasteiger charge is -2.30. The smallest absolute Gasteiger partial charge is 0.319 e. The molecule has 2 amide bonds. The number of rotatable bonds is 4. The minimum absolute atomic E-state index is 0.0360. The van der Waals surface area contributed by atoms with Gasteiger partial charge >= 0.3 is 6.03 Å². The summed E-state index contributed by atoms with van der Waals surface area (Å²) < 4.78 is 7.59. The lowest BCUT2D eigenvalue weighted by molar-refractivity contribution is 0.00235. The van der Waals surface area contributed by atoms with Crippen LogP contribution in [0.2, 0.25) is 0 Å². The van der Waals surface area contributed by atoms with Crippen LogP contribution in [0, 0.1) is 0 Å². The van der Waals surface area contributed by atoms with Gasteiger partial charge in [0.25, 0.3) is 0 Å². The summed E-state index contributed by atoms with van der Waals surface area (Å²) in [6.45, 7) is 0.614. The first-order valence-electron chi connectivity index (χ1n) is 8.97. The molecule has 1 aliphatic heterocycles. The predicted octanol–water partition coefficient (Wildman–Crippen LogP) is 3.31. The van der Waals surface area contributed by atoms with Crippen LogP contribution in [0.15, 0.2) is 67.3 Å². The summed E-state index contributed by atoms with van der Waals surface area (Å²) in [4.78, 5) is 16.5. The van der Waals surface area contributed by atoms with Gasteiger partial charge in [0.15, 0.2) is 0 Å². The lowest BCUT2D eigenvalue weighted by atomic mass is 9.99. The molecule has 2 atom stereocenters. The highest BCUT2D eigenvalue weighted by atomic mass is 16.5. The van der Waals surface area contributed by atoms with Gasteiger partial charge < -0.3 is 15.4 Å². The molecule has 0 saturated carbocycles. The van der Waals surface area contributed by atoms with E-state index in [1.165, 1.54) is 0 Å². The lowest BCUT2D eigenvalue weighted by Crippen LogP contribution is -2.42. The van der Waals surface area contributed by atoms with Gasteiger partial charge in [-0.1, -0.05) is 6.07 Å². The first kappa shape index (κ1) is 17.2. The Labute approximate surface area is 157 Å². The topological polar surface area (TPSA) is 81.1 Å². The molecule has 0 radical (unpaired) electrons. The Morgan fingerprint density at radius 1 is 1.15 bits per heavy atom. The van der Waals surface area contributed by atoms with Gasteiger partial charge in [-0.3, -0.25) is 4.98 Å². The minimum Gasteiger partial charge on any atom is -0.373 e. The van der Waals surface area contributed by atoms with Crippen LogP contribution >= 0.6 is 0 Å². The Hall–Kier alpha value is -3.19. The van der Waals surface area contributed by atoms with Gasteiger partial charge in [0.05, 0.1) is 11.8 Å². The van der Waals surface area contributed by atoms with Crippen molar-refractivity contribution < 1.29 is 9.53 Å². The Balaban J connectivity index is 1.32. The number of pyridine rings is 1. The maximum Gasteiger partial charge on any atom is 0.319 e. The van der Waals surface area contributed by atoms with Gasteiger partial charge in [-0.2, -0.15) is 5.10 Å². The highest BCUT2D eigenvalue weighted by Gasteiger charge is 2.25. The van der Waals surface area contributed by atoms with E-state index in [4.69, 9.17) is 4.74 Å². The van der Waals surface area contributed by atoms with Gasteiger partial charge in [-0.25, -0.2) is 9.48 Å². The van der Waals surface area contributed by atoms with E-state index < -0.39 is 0 Å². The zero-order chi connectivity index (χ0) is 18.5. The third-order valence-electron chi connectivity index (χ3n) is 4.57. The first-order valence-corrected chi connectivity index (χ1v) is 8.97. The second-order valence-corrected chi connectivity index (χ2v) is 6.46. The number of carbonyl (C=O) groups is 1. The molecule has 4 rings (SSSR count). The van der Waals surface area contributed by atoms with Crippen molar-refractivity contribution >= 4 is 11.7 Å². The van der Waals surface area contributed by atoms with E-state index in [-0.39, 0.29) is 18.2 Å². The standard InChI is InChI=1S/C20H21N5O2/c26-20(23-16-4-6-18(7-5-16)25-11-2-10-22-25)24-17-8-12-27-19(13-17)15-3-1-9-21-14-15/h1-7,9-11,14,17,19H,8,12-13H2,(H2,23,24,26). The van der Waals surface area contributed by atoms with Crippen LogP contribution in [-0.4, -0.2) is 33.4 Å². The zero-order valence-corrected chi connectivity index (χ0v) is 14.8. The number of amides is 2. The molecule has 1 saturated heterocycles. The number of anilines is 1. The molecule has 3 heterocycles. The third kappa shape index (κ3) is 4.32. The van der Waals surface area contributed by atoms with Crippen molar-refractivity contribution in [2.24, 2.45) is 0 Å². The van der Waals surface area contributed by atoms with Crippen LogP contribution in [0.4, 0.5) is 10.5 Å². The second kappa shape index (κ2) is 8.01. The van der Waals surface area contributed by atoms with Gasteiger partial charge in [-0.15, -0.1) is 0 Å². The summed E-state index contributed by atoms with van der Waals surface area (Å²) in [6.07, 6.45) is 8.65. The molecule has 2 aromatic heterocycles. The maximum absolute atomic E-state index is 12.3. The van der Waals surface area contributed by atoms with Gasteiger partial charge in [0, 0.05) is 43.1 Å². The minimum atomic E-state index is -0.210. The number of urea groups is 1. The fourth-order valence-electron chi connectivity index (χ4n) is 3.20. The largest absolute Gasteiger partial charge is 0.373 e. The average Bonchev–Trinajstić information content (AvgIpc) is 3.24. The number of ether oxygens (including phenoxy) is 1. The molecule has 1 aliphatic rings. The number of carbonyl (C=O) groups excluding carboxylic acids is 1. The van der Waals surface area contributed by atoms with E-state index in [1.54, 1.807) is 17.1 Å². The van der Waals surface area contributed by atoms with Crippen molar-refractivity contribution in [2.75, 3.05) is 11.9 Å². The molecule has 7 heteroatoms. The van der Waals surface area contributed by atoms with E-state index in [0.717, 1.165) is 29.8 Å². The molecule has 0 spiro atoms. The van der Waals surface area contributed by atoms with Crippen molar-refractivity contribution in [3.8, 4) is 5.69 Å². The summed E-state index contributed by atoms with van der Waals surface area (Å²) in [5.41, 5.74) is 2.72. The molecule has 0 aliphatic carbocycles. The molecule has 3 aromatic rings. The van der Waals surface area contributed by atoms with Crippen LogP contribution in [0.5, 0.6) is 0 Å². The van der Waals surface area contributed by atoms with Crippen molar-refractivity contribution in [3.63, 3.8) is 0 Å². The Morgan fingerprint density at radius 2 is 2.04 bits per heavy atom. The third-order valence-corrected chi connectivity index (χ3v) is 4.57. The fourth-order valence-corrected chi connectivity index (χ4v) is 3.20. The summed E-state index contributed by atoms with van der Waals surface area (Å²) >= 11 is 0. The molecule has 1 fully saturated rings. The van der Waals surface area contributed by atoms with Crippen molar-refractivity contribution in [2.45, 2.75) is 25.0 Å². The summed E-state index contributed by atoms with van der Waals surface area (Å²) in [7, 11) is 0. The zero-order valence-electron chi connectivity index (χ0n) is 14.8.